The van der Waals surface area contributed by atoms with Crippen LogP contribution in [0.1, 0.15) is 21.6 Å². The van der Waals surface area contributed by atoms with E-state index in [0.717, 1.165) is 38.8 Å². The molecule has 0 saturated carbocycles. The lowest BCUT2D eigenvalue weighted by molar-refractivity contribution is 0.102. The van der Waals surface area contributed by atoms with E-state index < -0.39 is 0 Å². The van der Waals surface area contributed by atoms with Gasteiger partial charge in [0.05, 0.1) is 5.69 Å². The maximum Gasteiger partial charge on any atom is 0.273 e. The molecule has 0 saturated heterocycles. The van der Waals surface area contributed by atoms with Gasteiger partial charge in [0.1, 0.15) is 5.69 Å². The first-order chi connectivity index (χ1) is 12.6. The van der Waals surface area contributed by atoms with Gasteiger partial charge in [-0.1, -0.05) is 54.6 Å². The quantitative estimate of drug-likeness (QED) is 0.545. The van der Waals surface area contributed by atoms with Gasteiger partial charge in [-0.25, -0.2) is 0 Å². The number of aromatic nitrogens is 2. The number of hydrogen-bond acceptors (Lipinski definition) is 2. The molecule has 0 bridgehead atoms. The van der Waals surface area contributed by atoms with Crippen LogP contribution in [-0.4, -0.2) is 16.1 Å². The van der Waals surface area contributed by atoms with E-state index in [2.05, 4.69) is 33.7 Å². The summed E-state index contributed by atoms with van der Waals surface area (Å²) in [5, 5.41) is 12.4. The van der Waals surface area contributed by atoms with Crippen molar-refractivity contribution in [2.24, 2.45) is 0 Å². The van der Waals surface area contributed by atoms with Crippen LogP contribution in [-0.2, 0) is 0 Å². The molecule has 0 aliphatic carbocycles. The molecule has 1 aromatic heterocycles. The number of carbonyl (C=O) groups excluding carboxylic acids is 1. The molecule has 128 valence electrons. The van der Waals surface area contributed by atoms with E-state index >= 15 is 0 Å². The van der Waals surface area contributed by atoms with Gasteiger partial charge in [0.2, 0.25) is 0 Å². The predicted octanol–water partition coefficient (Wildman–Crippen LogP) is 5.10. The second-order valence-electron chi connectivity index (χ2n) is 6.40. The number of anilines is 1. The minimum atomic E-state index is -0.197. The van der Waals surface area contributed by atoms with Crippen LogP contribution in [0.15, 0.2) is 66.7 Å². The average Bonchev–Trinajstić information content (AvgIpc) is 3.15. The molecule has 1 heterocycles. The Kier molecular flexibility index (Phi) is 4.01. The van der Waals surface area contributed by atoms with Gasteiger partial charge in [-0.15, -0.1) is 0 Å². The number of benzene rings is 3. The number of nitrogens with zero attached hydrogens (tertiary/aromatic N) is 1. The lowest BCUT2D eigenvalue weighted by Crippen LogP contribution is -2.13. The van der Waals surface area contributed by atoms with E-state index in [1.807, 2.05) is 56.3 Å². The summed E-state index contributed by atoms with van der Waals surface area (Å²) in [6, 6.07) is 21.9. The number of hydrogen-bond donors (Lipinski definition) is 2. The highest BCUT2D eigenvalue weighted by atomic mass is 16.1. The van der Waals surface area contributed by atoms with Crippen molar-refractivity contribution in [1.29, 1.82) is 0 Å². The van der Waals surface area contributed by atoms with Gasteiger partial charge in [-0.05, 0) is 47.9 Å². The van der Waals surface area contributed by atoms with Crippen LogP contribution in [0.5, 0.6) is 0 Å². The Morgan fingerprint density at radius 2 is 1.73 bits per heavy atom. The number of fused-ring (bicyclic) bond motifs is 1. The van der Waals surface area contributed by atoms with Crippen molar-refractivity contribution in [1.82, 2.24) is 10.2 Å². The fourth-order valence-electron chi connectivity index (χ4n) is 3.10. The zero-order valence-electron chi connectivity index (χ0n) is 14.7. The van der Waals surface area contributed by atoms with E-state index in [9.17, 15) is 4.79 Å². The second-order valence-corrected chi connectivity index (χ2v) is 6.40. The second kappa shape index (κ2) is 6.48. The highest BCUT2D eigenvalue weighted by Crippen LogP contribution is 2.27. The maximum atomic E-state index is 12.6. The van der Waals surface area contributed by atoms with Crippen molar-refractivity contribution in [3.05, 3.63) is 83.6 Å². The third kappa shape index (κ3) is 2.86. The minimum Gasteiger partial charge on any atom is -0.320 e. The zero-order valence-corrected chi connectivity index (χ0v) is 14.7. The Morgan fingerprint density at radius 1 is 0.962 bits per heavy atom. The molecule has 0 aliphatic heterocycles. The molecule has 4 nitrogen and oxygen atoms in total. The smallest absolute Gasteiger partial charge is 0.273 e. The van der Waals surface area contributed by atoms with E-state index in [-0.39, 0.29) is 5.91 Å². The molecule has 3 aromatic carbocycles. The lowest BCUT2D eigenvalue weighted by Gasteiger charge is -2.09. The Bertz CT molecular complexity index is 1110. The summed E-state index contributed by atoms with van der Waals surface area (Å²) < 4.78 is 0. The van der Waals surface area contributed by atoms with Crippen molar-refractivity contribution in [3.63, 3.8) is 0 Å². The van der Waals surface area contributed by atoms with Crippen LogP contribution in [0.25, 0.3) is 22.0 Å². The van der Waals surface area contributed by atoms with E-state index in [0.29, 0.717) is 5.69 Å². The molecule has 4 heteroatoms. The topological polar surface area (TPSA) is 57.8 Å². The first-order valence-electron chi connectivity index (χ1n) is 8.54. The van der Waals surface area contributed by atoms with Crippen molar-refractivity contribution in [2.45, 2.75) is 13.8 Å². The molecule has 0 radical (unpaired) electrons. The van der Waals surface area contributed by atoms with Gasteiger partial charge in [0, 0.05) is 11.3 Å². The molecule has 0 fully saturated rings. The molecular formula is C22H19N3O. The van der Waals surface area contributed by atoms with Crippen LogP contribution < -0.4 is 5.32 Å². The summed E-state index contributed by atoms with van der Waals surface area (Å²) in [5.41, 5.74) is 5.22. The molecule has 0 unspecified atom stereocenters. The van der Waals surface area contributed by atoms with Gasteiger partial charge >= 0.3 is 0 Å². The predicted molar refractivity (Wildman–Crippen MR) is 105 cm³/mol. The molecule has 0 aliphatic rings. The summed E-state index contributed by atoms with van der Waals surface area (Å²) in [4.78, 5) is 12.6. The van der Waals surface area contributed by atoms with Gasteiger partial charge in [-0.3, -0.25) is 9.89 Å². The van der Waals surface area contributed by atoms with E-state index in [1.165, 1.54) is 0 Å². The van der Waals surface area contributed by atoms with Crippen molar-refractivity contribution >= 4 is 22.4 Å². The minimum absolute atomic E-state index is 0.197. The lowest BCUT2D eigenvalue weighted by atomic mass is 10.0. The third-order valence-electron chi connectivity index (χ3n) is 4.74. The molecule has 4 rings (SSSR count). The fraction of sp³-hybridized carbons (Fsp3) is 0.0909. The zero-order chi connectivity index (χ0) is 18.1. The third-order valence-corrected chi connectivity index (χ3v) is 4.74. The maximum absolute atomic E-state index is 12.6. The van der Waals surface area contributed by atoms with Crippen molar-refractivity contribution < 1.29 is 4.79 Å². The van der Waals surface area contributed by atoms with Crippen LogP contribution in [0, 0.1) is 13.8 Å². The van der Waals surface area contributed by atoms with Gasteiger partial charge in [-0.2, -0.15) is 5.10 Å². The Balaban J connectivity index is 1.65. The number of rotatable bonds is 3. The van der Waals surface area contributed by atoms with Crippen LogP contribution in [0.3, 0.4) is 0 Å². The molecular weight excluding hydrogens is 322 g/mol. The standard InChI is InChI=1S/C22H19N3O/c1-14-7-5-12-19(15(14)2)23-22(26)21-13-20(24-25-21)18-11-6-9-16-8-3-4-10-17(16)18/h3-13H,1-2H3,(H,23,26)(H,24,25). The molecule has 26 heavy (non-hydrogen) atoms. The summed E-state index contributed by atoms with van der Waals surface area (Å²) in [7, 11) is 0. The SMILES string of the molecule is Cc1cccc(NC(=O)c2cc(-c3cccc4ccccc34)n[nH]2)c1C. The Hall–Kier alpha value is -3.40. The number of H-pyrrole nitrogens is 1. The average molecular weight is 341 g/mol. The number of aryl methyl sites for hydroxylation is 1. The van der Waals surface area contributed by atoms with Gasteiger partial charge in [0.25, 0.3) is 5.91 Å². The number of nitrogens with one attached hydrogen (secondary N) is 2. The van der Waals surface area contributed by atoms with Gasteiger partial charge in [0.15, 0.2) is 0 Å². The first kappa shape index (κ1) is 16.1. The molecule has 0 spiro atoms. The highest BCUT2D eigenvalue weighted by molar-refractivity contribution is 6.04. The van der Waals surface area contributed by atoms with Gasteiger partial charge < -0.3 is 5.32 Å². The fourth-order valence-corrected chi connectivity index (χ4v) is 3.10. The first-order valence-corrected chi connectivity index (χ1v) is 8.54. The largest absolute Gasteiger partial charge is 0.320 e. The van der Waals surface area contributed by atoms with Crippen LogP contribution >= 0.6 is 0 Å². The van der Waals surface area contributed by atoms with E-state index in [1.54, 1.807) is 6.07 Å². The highest BCUT2D eigenvalue weighted by Gasteiger charge is 2.14. The normalized spacial score (nSPS) is 10.8. The molecule has 1 amide bonds. The number of carbonyl (C=O) groups is 1. The Morgan fingerprint density at radius 3 is 2.62 bits per heavy atom. The van der Waals surface area contributed by atoms with Crippen molar-refractivity contribution in [2.75, 3.05) is 5.32 Å². The summed E-state index contributed by atoms with van der Waals surface area (Å²) in [6.07, 6.45) is 0. The van der Waals surface area contributed by atoms with Crippen LogP contribution in [0.2, 0.25) is 0 Å². The molecule has 4 aromatic rings. The summed E-state index contributed by atoms with van der Waals surface area (Å²) >= 11 is 0. The Labute approximate surface area is 151 Å². The summed E-state index contributed by atoms with van der Waals surface area (Å²) in [5.74, 6) is -0.197. The van der Waals surface area contributed by atoms with Crippen LogP contribution in [0.4, 0.5) is 5.69 Å². The van der Waals surface area contributed by atoms with Crippen molar-refractivity contribution in [3.8, 4) is 11.3 Å². The van der Waals surface area contributed by atoms with E-state index in [4.69, 9.17) is 0 Å². The summed E-state index contributed by atoms with van der Waals surface area (Å²) in [6.45, 7) is 4.03. The molecule has 2 N–H and O–H groups in total. The number of aromatic amines is 1. The molecule has 0 atom stereocenters. The monoisotopic (exact) mass is 341 g/mol. The number of amides is 1.